The van der Waals surface area contributed by atoms with Crippen LogP contribution in [0.4, 0.5) is 0 Å². The van der Waals surface area contributed by atoms with Crippen molar-refractivity contribution < 1.29 is 15.3 Å². The summed E-state index contributed by atoms with van der Waals surface area (Å²) in [5.41, 5.74) is 8.32. The molecule has 2 aromatic carbocycles. The van der Waals surface area contributed by atoms with Gasteiger partial charge in [0, 0.05) is 18.0 Å². The lowest BCUT2D eigenvalue weighted by molar-refractivity contribution is 0.0618. The molecule has 27 heavy (non-hydrogen) atoms. The second kappa shape index (κ2) is 8.37. The summed E-state index contributed by atoms with van der Waals surface area (Å²) in [5.74, 6) is 0.681. The lowest BCUT2D eigenvalue weighted by atomic mass is 9.91. The first kappa shape index (κ1) is 19.1. The summed E-state index contributed by atoms with van der Waals surface area (Å²) in [5, 5.41) is 28.9. The molecule has 0 aliphatic carbocycles. The molecule has 0 bridgehead atoms. The number of nitrogens with two attached hydrogens (primary N) is 1. The molecule has 1 aromatic heterocycles. The Bertz CT molecular complexity index is 848. The van der Waals surface area contributed by atoms with E-state index in [2.05, 4.69) is 9.97 Å². The van der Waals surface area contributed by atoms with Gasteiger partial charge < -0.3 is 21.1 Å². The number of aliphatic hydroxyl groups excluding tert-OH is 3. The van der Waals surface area contributed by atoms with Crippen LogP contribution in [0.5, 0.6) is 0 Å². The van der Waals surface area contributed by atoms with E-state index in [0.717, 1.165) is 16.7 Å². The standard InChI is InChI=1S/C21H23N3O3/c22-21(13-25,14-26)12-19(27)17-6-2-15(3-7-17)16-4-8-18(9-5-16)20-23-10-1-11-24-20/h1-11,19,25-27H,12-14,22H2. The fourth-order valence-corrected chi connectivity index (χ4v) is 2.84. The molecule has 0 aliphatic heterocycles. The molecule has 1 unspecified atom stereocenters. The van der Waals surface area contributed by atoms with Crippen molar-refractivity contribution in [1.82, 2.24) is 9.97 Å². The van der Waals surface area contributed by atoms with E-state index in [1.165, 1.54) is 0 Å². The van der Waals surface area contributed by atoms with Crippen molar-refractivity contribution in [3.63, 3.8) is 0 Å². The van der Waals surface area contributed by atoms with Crippen molar-refractivity contribution in [3.05, 3.63) is 72.6 Å². The van der Waals surface area contributed by atoms with Crippen LogP contribution in [-0.4, -0.2) is 44.0 Å². The monoisotopic (exact) mass is 365 g/mol. The molecule has 0 saturated carbocycles. The van der Waals surface area contributed by atoms with Crippen LogP contribution in [0.15, 0.2) is 67.0 Å². The van der Waals surface area contributed by atoms with E-state index in [1.54, 1.807) is 18.5 Å². The predicted octanol–water partition coefficient (Wildman–Crippen LogP) is 1.92. The minimum atomic E-state index is -1.20. The maximum Gasteiger partial charge on any atom is 0.159 e. The Morgan fingerprint density at radius 3 is 1.81 bits per heavy atom. The third kappa shape index (κ3) is 4.56. The zero-order chi connectivity index (χ0) is 19.3. The van der Waals surface area contributed by atoms with E-state index in [-0.39, 0.29) is 6.42 Å². The van der Waals surface area contributed by atoms with E-state index in [0.29, 0.717) is 11.4 Å². The summed E-state index contributed by atoms with van der Waals surface area (Å²) in [4.78, 5) is 8.48. The zero-order valence-electron chi connectivity index (χ0n) is 14.9. The van der Waals surface area contributed by atoms with Crippen molar-refractivity contribution in [2.75, 3.05) is 13.2 Å². The molecule has 6 nitrogen and oxygen atoms in total. The van der Waals surface area contributed by atoms with Crippen molar-refractivity contribution in [2.24, 2.45) is 5.73 Å². The lowest BCUT2D eigenvalue weighted by Gasteiger charge is -2.27. The molecular weight excluding hydrogens is 342 g/mol. The first-order valence-electron chi connectivity index (χ1n) is 8.71. The molecule has 0 fully saturated rings. The number of aromatic nitrogens is 2. The highest BCUT2D eigenvalue weighted by molar-refractivity contribution is 5.67. The van der Waals surface area contributed by atoms with Crippen LogP contribution in [0.3, 0.4) is 0 Å². The van der Waals surface area contributed by atoms with Gasteiger partial charge in [0.1, 0.15) is 0 Å². The Morgan fingerprint density at radius 2 is 1.30 bits per heavy atom. The Hall–Kier alpha value is -2.64. The van der Waals surface area contributed by atoms with Gasteiger partial charge in [0.2, 0.25) is 0 Å². The Morgan fingerprint density at radius 1 is 0.815 bits per heavy atom. The lowest BCUT2D eigenvalue weighted by Crippen LogP contribution is -2.48. The number of hydrogen-bond donors (Lipinski definition) is 4. The number of nitrogens with zero attached hydrogens (tertiary/aromatic N) is 2. The fraction of sp³-hybridized carbons (Fsp3) is 0.238. The highest BCUT2D eigenvalue weighted by Crippen LogP contribution is 2.27. The van der Waals surface area contributed by atoms with Gasteiger partial charge in [0.25, 0.3) is 0 Å². The molecule has 1 atom stereocenters. The topological polar surface area (TPSA) is 112 Å². The molecule has 0 saturated heterocycles. The van der Waals surface area contributed by atoms with E-state index in [4.69, 9.17) is 5.73 Å². The minimum Gasteiger partial charge on any atom is -0.394 e. The number of benzene rings is 2. The second-order valence-electron chi connectivity index (χ2n) is 6.67. The van der Waals surface area contributed by atoms with Crippen LogP contribution in [0.25, 0.3) is 22.5 Å². The number of hydrogen-bond acceptors (Lipinski definition) is 6. The van der Waals surface area contributed by atoms with Crippen molar-refractivity contribution >= 4 is 0 Å². The van der Waals surface area contributed by atoms with Gasteiger partial charge in [-0.1, -0.05) is 48.5 Å². The molecule has 0 radical (unpaired) electrons. The van der Waals surface area contributed by atoms with Crippen LogP contribution in [0.2, 0.25) is 0 Å². The molecule has 3 rings (SSSR count). The molecule has 0 spiro atoms. The molecule has 0 amide bonds. The van der Waals surface area contributed by atoms with Gasteiger partial charge in [-0.05, 0) is 29.2 Å². The van der Waals surface area contributed by atoms with E-state index < -0.39 is 24.9 Å². The first-order chi connectivity index (χ1) is 13.0. The van der Waals surface area contributed by atoms with Crippen molar-refractivity contribution in [3.8, 4) is 22.5 Å². The summed E-state index contributed by atoms with van der Waals surface area (Å²) in [6, 6.07) is 17.2. The molecule has 6 heteroatoms. The van der Waals surface area contributed by atoms with E-state index in [1.807, 2.05) is 48.5 Å². The molecule has 140 valence electrons. The van der Waals surface area contributed by atoms with Crippen LogP contribution < -0.4 is 5.73 Å². The quantitative estimate of drug-likeness (QED) is 0.509. The number of aliphatic hydroxyl groups is 3. The van der Waals surface area contributed by atoms with Crippen LogP contribution in [-0.2, 0) is 0 Å². The summed E-state index contributed by atoms with van der Waals surface area (Å²) in [6.45, 7) is -0.785. The van der Waals surface area contributed by atoms with Gasteiger partial charge in [-0.3, -0.25) is 0 Å². The van der Waals surface area contributed by atoms with Crippen LogP contribution >= 0.6 is 0 Å². The first-order valence-corrected chi connectivity index (χ1v) is 8.71. The highest BCUT2D eigenvalue weighted by Gasteiger charge is 2.27. The Labute approximate surface area is 158 Å². The second-order valence-corrected chi connectivity index (χ2v) is 6.67. The Balaban J connectivity index is 1.73. The van der Waals surface area contributed by atoms with Gasteiger partial charge >= 0.3 is 0 Å². The summed E-state index contributed by atoms with van der Waals surface area (Å²) >= 11 is 0. The maximum absolute atomic E-state index is 10.3. The average molecular weight is 365 g/mol. The molecule has 3 aromatic rings. The summed E-state index contributed by atoms with van der Waals surface area (Å²) < 4.78 is 0. The van der Waals surface area contributed by atoms with Gasteiger partial charge in [-0.25, -0.2) is 9.97 Å². The Kier molecular flexibility index (Phi) is 5.93. The predicted molar refractivity (Wildman–Crippen MR) is 104 cm³/mol. The largest absolute Gasteiger partial charge is 0.394 e. The van der Waals surface area contributed by atoms with Gasteiger partial charge in [-0.2, -0.15) is 0 Å². The minimum absolute atomic E-state index is 0.0745. The maximum atomic E-state index is 10.3. The van der Waals surface area contributed by atoms with Crippen LogP contribution in [0.1, 0.15) is 18.1 Å². The van der Waals surface area contributed by atoms with Crippen molar-refractivity contribution in [2.45, 2.75) is 18.1 Å². The van der Waals surface area contributed by atoms with E-state index >= 15 is 0 Å². The molecule has 5 N–H and O–H groups in total. The normalized spacial score (nSPS) is 12.7. The molecule has 1 heterocycles. The van der Waals surface area contributed by atoms with Gasteiger partial charge in [0.15, 0.2) is 5.82 Å². The highest BCUT2D eigenvalue weighted by atomic mass is 16.3. The summed E-state index contributed by atoms with van der Waals surface area (Å²) in [7, 11) is 0. The van der Waals surface area contributed by atoms with Crippen molar-refractivity contribution in [1.29, 1.82) is 0 Å². The molecule has 0 aliphatic rings. The summed E-state index contributed by atoms with van der Waals surface area (Å²) in [6.07, 6.45) is 2.64. The third-order valence-corrected chi connectivity index (χ3v) is 4.57. The van der Waals surface area contributed by atoms with Crippen LogP contribution in [0, 0.1) is 0 Å². The SMILES string of the molecule is NC(CO)(CO)CC(O)c1ccc(-c2ccc(-c3ncccn3)cc2)cc1. The average Bonchev–Trinajstić information content (AvgIpc) is 2.74. The van der Waals surface area contributed by atoms with Gasteiger partial charge in [-0.15, -0.1) is 0 Å². The molecular formula is C21H23N3O3. The third-order valence-electron chi connectivity index (χ3n) is 4.57. The smallest absolute Gasteiger partial charge is 0.159 e. The van der Waals surface area contributed by atoms with E-state index in [9.17, 15) is 15.3 Å². The zero-order valence-corrected chi connectivity index (χ0v) is 14.9. The van der Waals surface area contributed by atoms with Gasteiger partial charge in [0.05, 0.1) is 24.9 Å². The number of rotatable bonds is 7. The fourth-order valence-electron chi connectivity index (χ4n) is 2.84.